The molecule has 1 heterocycles. The Labute approximate surface area is 127 Å². The average Bonchev–Trinajstić information content (AvgIpc) is 3.03. The summed E-state index contributed by atoms with van der Waals surface area (Å²) in [5, 5.41) is 6.33. The lowest BCUT2D eigenvalue weighted by Gasteiger charge is -2.09. The van der Waals surface area contributed by atoms with Gasteiger partial charge in [-0.2, -0.15) is 0 Å². The Bertz CT molecular complexity index is 425. The van der Waals surface area contributed by atoms with Crippen LogP contribution in [0.3, 0.4) is 0 Å². The molecular weight excluding hydrogens is 264 g/mol. The zero-order valence-corrected chi connectivity index (χ0v) is 12.9. The number of hydrogen-bond donors (Lipinski definition) is 2. The molecule has 1 amide bonds. The van der Waals surface area contributed by atoms with Gasteiger partial charge in [-0.05, 0) is 49.9 Å². The van der Waals surface area contributed by atoms with Crippen LogP contribution in [0.1, 0.15) is 37.3 Å². The molecule has 2 rings (SSSR count). The topological polar surface area (TPSA) is 50.4 Å². The monoisotopic (exact) mass is 290 g/mol. The summed E-state index contributed by atoms with van der Waals surface area (Å²) >= 11 is 0. The van der Waals surface area contributed by atoms with E-state index >= 15 is 0 Å². The first kappa shape index (κ1) is 16.0. The van der Waals surface area contributed by atoms with Gasteiger partial charge in [0.2, 0.25) is 5.91 Å². The van der Waals surface area contributed by atoms with Crippen molar-refractivity contribution in [2.75, 3.05) is 19.7 Å². The first-order chi connectivity index (χ1) is 10.3. The number of rotatable bonds is 8. The molecule has 1 atom stereocenters. The molecule has 1 saturated heterocycles. The minimum Gasteiger partial charge on any atom is -0.377 e. The van der Waals surface area contributed by atoms with Crippen molar-refractivity contribution in [3.63, 3.8) is 0 Å². The SMILES string of the molecule is CCOCc1ccc(CNC(=O)CCC2CCNC2)cc1. The third-order valence-corrected chi connectivity index (χ3v) is 3.93. The van der Waals surface area contributed by atoms with Gasteiger partial charge in [0.15, 0.2) is 0 Å². The van der Waals surface area contributed by atoms with Gasteiger partial charge < -0.3 is 15.4 Å². The number of benzene rings is 1. The highest BCUT2D eigenvalue weighted by Crippen LogP contribution is 2.14. The second-order valence-electron chi connectivity index (χ2n) is 5.63. The first-order valence-electron chi connectivity index (χ1n) is 7.91. The van der Waals surface area contributed by atoms with Gasteiger partial charge in [-0.1, -0.05) is 24.3 Å². The Morgan fingerprint density at radius 3 is 2.76 bits per heavy atom. The van der Waals surface area contributed by atoms with Crippen LogP contribution in [0.2, 0.25) is 0 Å². The van der Waals surface area contributed by atoms with Gasteiger partial charge in [-0.15, -0.1) is 0 Å². The highest BCUT2D eigenvalue weighted by atomic mass is 16.5. The molecule has 21 heavy (non-hydrogen) atoms. The number of carbonyl (C=O) groups is 1. The van der Waals surface area contributed by atoms with E-state index in [1.807, 2.05) is 6.92 Å². The predicted molar refractivity (Wildman–Crippen MR) is 83.8 cm³/mol. The minimum absolute atomic E-state index is 0.153. The third kappa shape index (κ3) is 5.86. The van der Waals surface area contributed by atoms with Gasteiger partial charge in [0.1, 0.15) is 0 Å². The van der Waals surface area contributed by atoms with Crippen molar-refractivity contribution in [2.45, 2.75) is 39.3 Å². The van der Waals surface area contributed by atoms with Crippen LogP contribution in [-0.4, -0.2) is 25.6 Å². The van der Waals surface area contributed by atoms with Crippen molar-refractivity contribution in [3.05, 3.63) is 35.4 Å². The fourth-order valence-electron chi connectivity index (χ4n) is 2.56. The van der Waals surface area contributed by atoms with Gasteiger partial charge in [0.05, 0.1) is 6.61 Å². The van der Waals surface area contributed by atoms with E-state index in [0.29, 0.717) is 25.5 Å². The Hall–Kier alpha value is -1.39. The van der Waals surface area contributed by atoms with Crippen LogP contribution in [-0.2, 0) is 22.7 Å². The fraction of sp³-hybridized carbons (Fsp3) is 0.588. The molecule has 1 aromatic carbocycles. The van der Waals surface area contributed by atoms with E-state index in [1.165, 1.54) is 12.0 Å². The molecular formula is C17H26N2O2. The zero-order valence-electron chi connectivity index (χ0n) is 12.9. The summed E-state index contributed by atoms with van der Waals surface area (Å²) in [6.07, 6.45) is 2.83. The molecule has 116 valence electrons. The molecule has 1 unspecified atom stereocenters. The van der Waals surface area contributed by atoms with E-state index in [4.69, 9.17) is 4.74 Å². The number of hydrogen-bond acceptors (Lipinski definition) is 3. The summed E-state index contributed by atoms with van der Waals surface area (Å²) in [5.74, 6) is 0.828. The van der Waals surface area contributed by atoms with Crippen LogP contribution in [0.25, 0.3) is 0 Å². The quantitative estimate of drug-likeness (QED) is 0.772. The molecule has 2 N–H and O–H groups in total. The third-order valence-electron chi connectivity index (χ3n) is 3.93. The maximum absolute atomic E-state index is 11.8. The number of carbonyl (C=O) groups excluding carboxylic acids is 1. The standard InChI is InChI=1S/C17H26N2O2/c1-2-21-13-16-5-3-14(4-6-16)12-19-17(20)8-7-15-9-10-18-11-15/h3-6,15,18H,2,7-13H2,1H3,(H,19,20). The Morgan fingerprint density at radius 1 is 1.33 bits per heavy atom. The van der Waals surface area contributed by atoms with E-state index in [-0.39, 0.29) is 5.91 Å². The van der Waals surface area contributed by atoms with E-state index in [9.17, 15) is 4.79 Å². The Kier molecular flexibility index (Phi) is 6.70. The number of ether oxygens (including phenoxy) is 1. The van der Waals surface area contributed by atoms with Gasteiger partial charge in [0.25, 0.3) is 0 Å². The second-order valence-corrected chi connectivity index (χ2v) is 5.63. The summed E-state index contributed by atoms with van der Waals surface area (Å²) in [6.45, 7) is 6.14. The Balaban J connectivity index is 1.65. The van der Waals surface area contributed by atoms with E-state index in [0.717, 1.165) is 31.7 Å². The summed E-state index contributed by atoms with van der Waals surface area (Å²) < 4.78 is 5.36. The number of nitrogens with one attached hydrogen (secondary N) is 2. The van der Waals surface area contributed by atoms with E-state index in [1.54, 1.807) is 0 Å². The lowest BCUT2D eigenvalue weighted by molar-refractivity contribution is -0.121. The van der Waals surface area contributed by atoms with Gasteiger partial charge in [-0.25, -0.2) is 0 Å². The summed E-state index contributed by atoms with van der Waals surface area (Å²) in [5.41, 5.74) is 2.30. The summed E-state index contributed by atoms with van der Waals surface area (Å²) in [7, 11) is 0. The average molecular weight is 290 g/mol. The van der Waals surface area contributed by atoms with Gasteiger partial charge in [0, 0.05) is 19.6 Å². The predicted octanol–water partition coefficient (Wildman–Crippen LogP) is 2.23. The highest BCUT2D eigenvalue weighted by molar-refractivity contribution is 5.75. The molecule has 0 saturated carbocycles. The molecule has 4 nitrogen and oxygen atoms in total. The van der Waals surface area contributed by atoms with Crippen LogP contribution in [0.5, 0.6) is 0 Å². The van der Waals surface area contributed by atoms with Gasteiger partial charge in [-0.3, -0.25) is 4.79 Å². The van der Waals surface area contributed by atoms with E-state index < -0.39 is 0 Å². The fourth-order valence-corrected chi connectivity index (χ4v) is 2.56. The highest BCUT2D eigenvalue weighted by Gasteiger charge is 2.15. The second kappa shape index (κ2) is 8.80. The molecule has 1 aromatic rings. The minimum atomic E-state index is 0.153. The maximum atomic E-state index is 11.8. The molecule has 4 heteroatoms. The number of amides is 1. The Morgan fingerprint density at radius 2 is 2.10 bits per heavy atom. The maximum Gasteiger partial charge on any atom is 0.220 e. The largest absolute Gasteiger partial charge is 0.377 e. The zero-order chi connectivity index (χ0) is 14.9. The van der Waals surface area contributed by atoms with E-state index in [2.05, 4.69) is 34.9 Å². The van der Waals surface area contributed by atoms with Crippen LogP contribution in [0, 0.1) is 5.92 Å². The van der Waals surface area contributed by atoms with Crippen molar-refractivity contribution in [2.24, 2.45) is 5.92 Å². The van der Waals surface area contributed by atoms with Crippen molar-refractivity contribution >= 4 is 5.91 Å². The van der Waals surface area contributed by atoms with Crippen LogP contribution in [0.4, 0.5) is 0 Å². The van der Waals surface area contributed by atoms with Crippen molar-refractivity contribution in [1.82, 2.24) is 10.6 Å². The normalized spacial score (nSPS) is 17.9. The van der Waals surface area contributed by atoms with Crippen LogP contribution >= 0.6 is 0 Å². The molecule has 0 radical (unpaired) electrons. The summed E-state index contributed by atoms with van der Waals surface area (Å²) in [4.78, 5) is 11.8. The van der Waals surface area contributed by atoms with Crippen LogP contribution < -0.4 is 10.6 Å². The van der Waals surface area contributed by atoms with Crippen LogP contribution in [0.15, 0.2) is 24.3 Å². The van der Waals surface area contributed by atoms with Crippen molar-refractivity contribution < 1.29 is 9.53 Å². The van der Waals surface area contributed by atoms with Gasteiger partial charge >= 0.3 is 0 Å². The molecule has 1 fully saturated rings. The molecule has 0 spiro atoms. The molecule has 1 aliphatic heterocycles. The smallest absolute Gasteiger partial charge is 0.220 e. The molecule has 0 aliphatic carbocycles. The van der Waals surface area contributed by atoms with Crippen molar-refractivity contribution in [3.8, 4) is 0 Å². The molecule has 0 bridgehead atoms. The lowest BCUT2D eigenvalue weighted by Crippen LogP contribution is -2.23. The summed E-state index contributed by atoms with van der Waals surface area (Å²) in [6, 6.07) is 8.22. The lowest BCUT2D eigenvalue weighted by atomic mass is 10.0. The molecule has 0 aromatic heterocycles. The molecule has 1 aliphatic rings. The van der Waals surface area contributed by atoms with Crippen molar-refractivity contribution in [1.29, 1.82) is 0 Å². The first-order valence-corrected chi connectivity index (χ1v) is 7.91.